The number of aliphatic hydroxyl groups excluding tert-OH is 1. The van der Waals surface area contributed by atoms with Gasteiger partial charge < -0.3 is 15.3 Å². The lowest BCUT2D eigenvalue weighted by atomic mass is 10.0. The molecule has 1 fully saturated rings. The van der Waals surface area contributed by atoms with Crippen LogP contribution >= 0.6 is 0 Å². The second-order valence-electron chi connectivity index (χ2n) is 6.78. The van der Waals surface area contributed by atoms with Gasteiger partial charge in [-0.25, -0.2) is 8.78 Å². The van der Waals surface area contributed by atoms with Gasteiger partial charge in [-0.2, -0.15) is 0 Å². The number of nitrogens with one attached hydrogen (secondary N) is 1. The van der Waals surface area contributed by atoms with Gasteiger partial charge in [-0.05, 0) is 56.7 Å². The molecule has 1 saturated heterocycles. The van der Waals surface area contributed by atoms with Gasteiger partial charge in [0.25, 0.3) is 0 Å². The Kier molecular flexibility index (Phi) is 8.22. The number of β-amino-alcohol motifs (C(OH)–C–C–N with tert-alkyl or cyclic N) is 1. The number of likely N-dealkylation sites (tertiary alicyclic amines) is 1. The molecule has 1 aromatic carbocycles. The van der Waals surface area contributed by atoms with Crippen molar-refractivity contribution in [1.82, 2.24) is 15.1 Å². The Morgan fingerprint density at radius 2 is 2.00 bits per heavy atom. The molecule has 0 radical (unpaired) electrons. The van der Waals surface area contributed by atoms with Crippen molar-refractivity contribution >= 4 is 0 Å². The normalized spacial score (nSPS) is 21.8. The number of aliphatic hydroxyl groups is 1. The number of benzene rings is 1. The largest absolute Gasteiger partial charge is 0.390 e. The van der Waals surface area contributed by atoms with E-state index in [1.54, 1.807) is 6.07 Å². The van der Waals surface area contributed by atoms with Crippen LogP contribution in [-0.2, 0) is 6.54 Å². The minimum atomic E-state index is -0.823. The molecule has 1 aliphatic heterocycles. The lowest BCUT2D eigenvalue weighted by Crippen LogP contribution is -2.52. The Bertz CT molecular complexity index is 525. The Hall–Kier alpha value is -1.08. The van der Waals surface area contributed by atoms with E-state index >= 15 is 0 Å². The highest BCUT2D eigenvalue weighted by molar-refractivity contribution is 5.17. The summed E-state index contributed by atoms with van der Waals surface area (Å²) in [5, 5.41) is 13.8. The minimum absolute atomic E-state index is 0.109. The number of halogens is 2. The quantitative estimate of drug-likeness (QED) is 0.667. The molecule has 25 heavy (non-hydrogen) atoms. The summed E-state index contributed by atoms with van der Waals surface area (Å²) in [6.07, 6.45) is 1.49. The summed E-state index contributed by atoms with van der Waals surface area (Å²) in [6, 6.07) is 4.10. The highest BCUT2D eigenvalue weighted by Crippen LogP contribution is 2.16. The van der Waals surface area contributed by atoms with Crippen LogP contribution in [-0.4, -0.2) is 66.3 Å². The van der Waals surface area contributed by atoms with Crippen LogP contribution in [0.4, 0.5) is 8.78 Å². The van der Waals surface area contributed by atoms with Crippen molar-refractivity contribution < 1.29 is 13.9 Å². The molecule has 0 aliphatic carbocycles. The Balaban J connectivity index is 1.71. The lowest BCUT2D eigenvalue weighted by molar-refractivity contribution is 0.0369. The molecule has 0 spiro atoms. The topological polar surface area (TPSA) is 38.7 Å². The average Bonchev–Trinajstić information content (AvgIpc) is 2.60. The zero-order valence-electron chi connectivity index (χ0n) is 15.3. The van der Waals surface area contributed by atoms with Crippen LogP contribution < -0.4 is 5.32 Å². The molecule has 0 unspecified atom stereocenters. The van der Waals surface area contributed by atoms with Crippen molar-refractivity contribution in [3.63, 3.8) is 0 Å². The van der Waals surface area contributed by atoms with E-state index in [0.29, 0.717) is 13.1 Å². The molecule has 2 atom stereocenters. The zero-order chi connectivity index (χ0) is 18.2. The fourth-order valence-corrected chi connectivity index (χ4v) is 3.40. The van der Waals surface area contributed by atoms with Gasteiger partial charge in [0.1, 0.15) is 0 Å². The molecule has 142 valence electrons. The third kappa shape index (κ3) is 6.29. The zero-order valence-corrected chi connectivity index (χ0v) is 15.3. The molecule has 1 heterocycles. The first-order valence-electron chi connectivity index (χ1n) is 9.33. The van der Waals surface area contributed by atoms with Crippen LogP contribution in [0, 0.1) is 11.6 Å². The molecule has 1 aromatic rings. The van der Waals surface area contributed by atoms with Gasteiger partial charge in [0.05, 0.1) is 6.10 Å². The first-order chi connectivity index (χ1) is 12.0. The van der Waals surface area contributed by atoms with Gasteiger partial charge in [-0.1, -0.05) is 19.9 Å². The third-order valence-electron chi connectivity index (χ3n) is 5.01. The van der Waals surface area contributed by atoms with Gasteiger partial charge in [0.15, 0.2) is 11.6 Å². The maximum absolute atomic E-state index is 13.3. The van der Waals surface area contributed by atoms with E-state index in [4.69, 9.17) is 0 Å². The highest BCUT2D eigenvalue weighted by Gasteiger charge is 2.27. The predicted octanol–water partition coefficient (Wildman–Crippen LogP) is 2.22. The van der Waals surface area contributed by atoms with Crippen LogP contribution in [0.25, 0.3) is 0 Å². The molecule has 1 aliphatic rings. The summed E-state index contributed by atoms with van der Waals surface area (Å²) >= 11 is 0. The van der Waals surface area contributed by atoms with Crippen molar-refractivity contribution in [3.05, 3.63) is 35.4 Å². The maximum atomic E-state index is 13.3. The second kappa shape index (κ2) is 10.2. The van der Waals surface area contributed by atoms with Crippen LogP contribution in [0.1, 0.15) is 32.3 Å². The molecule has 6 heteroatoms. The predicted molar refractivity (Wildman–Crippen MR) is 96.5 cm³/mol. The van der Waals surface area contributed by atoms with Crippen LogP contribution in [0.3, 0.4) is 0 Å². The molecule has 0 aromatic heterocycles. The summed E-state index contributed by atoms with van der Waals surface area (Å²) in [6.45, 7) is 10.4. The van der Waals surface area contributed by atoms with Gasteiger partial charge in [-0.15, -0.1) is 0 Å². The number of nitrogens with zero attached hydrogens (tertiary/aromatic N) is 2. The van der Waals surface area contributed by atoms with Gasteiger partial charge in [-0.3, -0.25) is 4.90 Å². The van der Waals surface area contributed by atoms with Crippen molar-refractivity contribution in [1.29, 1.82) is 0 Å². The Morgan fingerprint density at radius 1 is 1.24 bits per heavy atom. The second-order valence-corrected chi connectivity index (χ2v) is 6.78. The smallest absolute Gasteiger partial charge is 0.159 e. The average molecular weight is 355 g/mol. The van der Waals surface area contributed by atoms with Crippen LogP contribution in [0.5, 0.6) is 0 Å². The van der Waals surface area contributed by atoms with E-state index in [1.165, 1.54) is 6.07 Å². The number of rotatable bonds is 9. The van der Waals surface area contributed by atoms with Gasteiger partial charge >= 0.3 is 0 Å². The standard InChI is InChI=1S/C19H31F2N3O/c1-3-23(4-2)10-5-9-22-18-8-11-24(14-19(18)25)13-15-6-7-16(20)17(21)12-15/h6-7,12,18-19,22,25H,3-5,8-11,13-14H2,1-2H3/t18-,19-/m1/s1. The monoisotopic (exact) mass is 355 g/mol. The molecular weight excluding hydrogens is 324 g/mol. The molecule has 2 N–H and O–H groups in total. The van der Waals surface area contributed by atoms with Crippen molar-refractivity contribution in [2.24, 2.45) is 0 Å². The first kappa shape index (κ1) is 20.2. The van der Waals surface area contributed by atoms with E-state index in [-0.39, 0.29) is 6.04 Å². The summed E-state index contributed by atoms with van der Waals surface area (Å²) in [4.78, 5) is 4.48. The van der Waals surface area contributed by atoms with Crippen LogP contribution in [0.15, 0.2) is 18.2 Å². The summed E-state index contributed by atoms with van der Waals surface area (Å²) in [7, 11) is 0. The lowest BCUT2D eigenvalue weighted by Gasteiger charge is -2.36. The third-order valence-corrected chi connectivity index (χ3v) is 5.01. The Morgan fingerprint density at radius 3 is 2.64 bits per heavy atom. The summed E-state index contributed by atoms with van der Waals surface area (Å²) < 4.78 is 26.3. The summed E-state index contributed by atoms with van der Waals surface area (Å²) in [5.41, 5.74) is 0.733. The minimum Gasteiger partial charge on any atom is -0.390 e. The molecule has 0 bridgehead atoms. The van der Waals surface area contributed by atoms with Crippen molar-refractivity contribution in [2.45, 2.75) is 45.4 Å². The van der Waals surface area contributed by atoms with E-state index in [2.05, 4.69) is 29.0 Å². The number of hydrogen-bond acceptors (Lipinski definition) is 4. The van der Waals surface area contributed by atoms with E-state index in [9.17, 15) is 13.9 Å². The van der Waals surface area contributed by atoms with E-state index in [1.807, 2.05) is 0 Å². The fourth-order valence-electron chi connectivity index (χ4n) is 3.40. The molecule has 4 nitrogen and oxygen atoms in total. The molecule has 0 saturated carbocycles. The number of piperidine rings is 1. The molecule has 2 rings (SSSR count). The van der Waals surface area contributed by atoms with Gasteiger partial charge in [0, 0.05) is 25.7 Å². The number of hydrogen-bond donors (Lipinski definition) is 2. The van der Waals surface area contributed by atoms with E-state index in [0.717, 1.165) is 57.2 Å². The van der Waals surface area contributed by atoms with Crippen molar-refractivity contribution in [3.8, 4) is 0 Å². The molecular formula is C19H31F2N3O. The first-order valence-corrected chi connectivity index (χ1v) is 9.33. The fraction of sp³-hybridized carbons (Fsp3) is 0.684. The maximum Gasteiger partial charge on any atom is 0.159 e. The van der Waals surface area contributed by atoms with Gasteiger partial charge in [0.2, 0.25) is 0 Å². The Labute approximate surface area is 149 Å². The SMILES string of the molecule is CCN(CC)CCCN[C@@H]1CCN(Cc2ccc(F)c(F)c2)C[C@H]1O. The summed E-state index contributed by atoms with van der Waals surface area (Å²) in [5.74, 6) is -1.64. The van der Waals surface area contributed by atoms with Crippen molar-refractivity contribution in [2.75, 3.05) is 39.3 Å². The highest BCUT2D eigenvalue weighted by atomic mass is 19.2. The van der Waals surface area contributed by atoms with Crippen LogP contribution in [0.2, 0.25) is 0 Å². The molecule has 0 amide bonds. The van der Waals surface area contributed by atoms with E-state index < -0.39 is 17.7 Å².